The van der Waals surface area contributed by atoms with Crippen LogP contribution in [0.5, 0.6) is 0 Å². The molecule has 6 nitrogen and oxygen atoms in total. The quantitative estimate of drug-likeness (QED) is 0.799. The average Bonchev–Trinajstić information content (AvgIpc) is 3.14. The number of nitrogens with zero attached hydrogens (tertiary/aromatic N) is 2. The molecular formula is C20H24FN3O3S. The van der Waals surface area contributed by atoms with Gasteiger partial charge in [-0.3, -0.25) is 9.59 Å². The van der Waals surface area contributed by atoms with Crippen LogP contribution in [0.4, 0.5) is 4.39 Å². The van der Waals surface area contributed by atoms with Crippen molar-refractivity contribution in [1.82, 2.24) is 15.4 Å². The fraction of sp³-hybridized carbons (Fsp3) is 0.450. The Balaban J connectivity index is 1.84. The Bertz CT molecular complexity index is 837. The lowest BCUT2D eigenvalue weighted by Crippen LogP contribution is -2.62. The molecule has 0 radical (unpaired) electrons. The normalized spacial score (nSPS) is 19.8. The third kappa shape index (κ3) is 4.55. The zero-order valence-corrected chi connectivity index (χ0v) is 17.0. The molecule has 1 N–H and O–H groups in total. The predicted molar refractivity (Wildman–Crippen MR) is 106 cm³/mol. The van der Waals surface area contributed by atoms with Crippen LogP contribution in [0, 0.1) is 11.7 Å². The molecule has 2 unspecified atom stereocenters. The van der Waals surface area contributed by atoms with Crippen LogP contribution in [0.2, 0.25) is 0 Å². The number of amides is 2. The van der Waals surface area contributed by atoms with Gasteiger partial charge < -0.3 is 14.7 Å². The highest BCUT2D eigenvalue weighted by atomic mass is 32.2. The van der Waals surface area contributed by atoms with E-state index in [0.717, 1.165) is 5.75 Å². The minimum Gasteiger partial charge on any atom is -0.350 e. The molecule has 1 saturated heterocycles. The first-order valence-corrected chi connectivity index (χ1v) is 10.6. The van der Waals surface area contributed by atoms with E-state index in [0.29, 0.717) is 24.2 Å². The van der Waals surface area contributed by atoms with Crippen LogP contribution in [0.15, 0.2) is 34.9 Å². The molecule has 2 aromatic rings. The van der Waals surface area contributed by atoms with E-state index < -0.39 is 6.04 Å². The summed E-state index contributed by atoms with van der Waals surface area (Å²) in [7, 11) is 0. The Morgan fingerprint density at radius 2 is 2.11 bits per heavy atom. The first-order valence-electron chi connectivity index (χ1n) is 9.22. The number of halogens is 1. The maximum absolute atomic E-state index is 13.1. The van der Waals surface area contributed by atoms with Crippen LogP contribution in [-0.2, 0) is 4.79 Å². The number of carbonyl (C=O) groups is 2. The van der Waals surface area contributed by atoms with Crippen molar-refractivity contribution in [3.63, 3.8) is 0 Å². The van der Waals surface area contributed by atoms with Crippen molar-refractivity contribution < 1.29 is 18.5 Å². The number of piperazine rings is 1. The Morgan fingerprint density at radius 1 is 1.39 bits per heavy atom. The molecule has 1 fully saturated rings. The van der Waals surface area contributed by atoms with E-state index >= 15 is 0 Å². The predicted octanol–water partition coefficient (Wildman–Crippen LogP) is 3.20. The number of aromatic nitrogens is 1. The zero-order valence-electron chi connectivity index (χ0n) is 16.1. The van der Waals surface area contributed by atoms with Gasteiger partial charge in [0, 0.05) is 23.9 Å². The van der Waals surface area contributed by atoms with Crippen molar-refractivity contribution in [1.29, 1.82) is 0 Å². The van der Waals surface area contributed by atoms with E-state index in [9.17, 15) is 14.0 Å². The van der Waals surface area contributed by atoms with Crippen molar-refractivity contribution in [2.45, 2.75) is 32.4 Å². The molecule has 2 amide bonds. The molecule has 0 aliphatic carbocycles. The van der Waals surface area contributed by atoms with Gasteiger partial charge in [0.15, 0.2) is 0 Å². The fourth-order valence-corrected chi connectivity index (χ4v) is 3.92. The van der Waals surface area contributed by atoms with Gasteiger partial charge in [0.2, 0.25) is 11.7 Å². The van der Waals surface area contributed by atoms with Gasteiger partial charge in [0.1, 0.15) is 17.6 Å². The zero-order chi connectivity index (χ0) is 20.3. The summed E-state index contributed by atoms with van der Waals surface area (Å²) in [5.74, 6) is 0.219. The smallest absolute Gasteiger partial charge is 0.293 e. The highest BCUT2D eigenvalue weighted by Gasteiger charge is 2.38. The minimum atomic E-state index is -0.537. The summed E-state index contributed by atoms with van der Waals surface area (Å²) in [6, 6.07) is 6.70. The van der Waals surface area contributed by atoms with E-state index in [4.69, 9.17) is 4.52 Å². The van der Waals surface area contributed by atoms with Gasteiger partial charge in [0.25, 0.3) is 5.91 Å². The number of hydrogen-bond donors (Lipinski definition) is 1. The third-order valence-electron chi connectivity index (χ3n) is 4.63. The average molecular weight is 405 g/mol. The third-order valence-corrected chi connectivity index (χ3v) is 5.36. The van der Waals surface area contributed by atoms with Gasteiger partial charge in [-0.1, -0.05) is 19.0 Å². The molecular weight excluding hydrogens is 381 g/mol. The van der Waals surface area contributed by atoms with Gasteiger partial charge in [-0.2, -0.15) is 11.8 Å². The molecule has 0 bridgehead atoms. The molecule has 0 saturated carbocycles. The van der Waals surface area contributed by atoms with Gasteiger partial charge >= 0.3 is 0 Å². The summed E-state index contributed by atoms with van der Waals surface area (Å²) in [6.07, 6.45) is 2.53. The molecule has 28 heavy (non-hydrogen) atoms. The Kier molecular flexibility index (Phi) is 6.39. The summed E-state index contributed by atoms with van der Waals surface area (Å²) >= 11 is 1.62. The van der Waals surface area contributed by atoms with Crippen LogP contribution in [0.3, 0.4) is 0 Å². The number of rotatable bonds is 6. The van der Waals surface area contributed by atoms with Gasteiger partial charge in [-0.25, -0.2) is 4.39 Å². The van der Waals surface area contributed by atoms with E-state index in [1.807, 2.05) is 20.1 Å². The van der Waals surface area contributed by atoms with E-state index in [1.165, 1.54) is 18.2 Å². The number of nitrogens with one attached hydrogen (secondary N) is 1. The highest BCUT2D eigenvalue weighted by molar-refractivity contribution is 7.98. The Morgan fingerprint density at radius 3 is 2.75 bits per heavy atom. The number of carbonyl (C=O) groups excluding carboxylic acids is 2. The fourth-order valence-electron chi connectivity index (χ4n) is 3.32. The van der Waals surface area contributed by atoms with Crippen molar-refractivity contribution in [2.75, 3.05) is 18.6 Å². The summed E-state index contributed by atoms with van der Waals surface area (Å²) in [5.41, 5.74) is 1.10. The largest absolute Gasteiger partial charge is 0.350 e. The van der Waals surface area contributed by atoms with Crippen LogP contribution < -0.4 is 5.32 Å². The van der Waals surface area contributed by atoms with Crippen molar-refractivity contribution in [3.05, 3.63) is 41.9 Å². The van der Waals surface area contributed by atoms with Crippen molar-refractivity contribution in [2.24, 2.45) is 5.92 Å². The standard InChI is InChI=1S/C20H24FN3O3S/c1-12(2)8-17-19(25)22-15(11-28-3)10-24(17)20(26)18-9-16(23-27-18)13-4-6-14(21)7-5-13/h4-7,9,12,15,17H,8,10-11H2,1-3H3,(H,22,25). The molecule has 1 aliphatic rings. The molecule has 0 spiro atoms. The first kappa shape index (κ1) is 20.4. The van der Waals surface area contributed by atoms with Crippen molar-refractivity contribution in [3.8, 4) is 11.3 Å². The van der Waals surface area contributed by atoms with E-state index in [1.54, 1.807) is 28.8 Å². The Hall–Kier alpha value is -2.35. The SMILES string of the molecule is CSCC1CN(C(=O)c2cc(-c3ccc(F)cc3)no2)C(CC(C)C)C(=O)N1. The Labute approximate surface area is 167 Å². The van der Waals surface area contributed by atoms with Crippen molar-refractivity contribution >= 4 is 23.6 Å². The van der Waals surface area contributed by atoms with Crippen LogP contribution in [-0.4, -0.2) is 52.5 Å². The summed E-state index contributed by atoms with van der Waals surface area (Å²) < 4.78 is 18.4. The summed E-state index contributed by atoms with van der Waals surface area (Å²) in [5, 5.41) is 6.95. The monoisotopic (exact) mass is 405 g/mol. The molecule has 2 heterocycles. The molecule has 3 rings (SSSR count). The second-order valence-corrected chi connectivity index (χ2v) is 8.26. The topological polar surface area (TPSA) is 75.4 Å². The van der Waals surface area contributed by atoms with Gasteiger partial charge in [0.05, 0.1) is 6.04 Å². The number of hydrogen-bond acceptors (Lipinski definition) is 5. The second-order valence-electron chi connectivity index (χ2n) is 7.35. The van der Waals surface area contributed by atoms with Gasteiger partial charge in [-0.15, -0.1) is 0 Å². The summed E-state index contributed by atoms with van der Waals surface area (Å²) in [4.78, 5) is 27.3. The van der Waals surface area contributed by atoms with E-state index in [-0.39, 0.29) is 35.4 Å². The van der Waals surface area contributed by atoms with E-state index in [2.05, 4.69) is 10.5 Å². The lowest BCUT2D eigenvalue weighted by molar-refractivity contribution is -0.129. The van der Waals surface area contributed by atoms with Gasteiger partial charge in [-0.05, 0) is 42.9 Å². The molecule has 1 aromatic carbocycles. The van der Waals surface area contributed by atoms with Crippen LogP contribution in [0.25, 0.3) is 11.3 Å². The lowest BCUT2D eigenvalue weighted by atomic mass is 9.98. The first-order chi connectivity index (χ1) is 13.4. The molecule has 2 atom stereocenters. The molecule has 8 heteroatoms. The maximum atomic E-state index is 13.1. The lowest BCUT2D eigenvalue weighted by Gasteiger charge is -2.39. The minimum absolute atomic E-state index is 0.0747. The van der Waals surface area contributed by atoms with Crippen LogP contribution in [0.1, 0.15) is 30.8 Å². The molecule has 1 aliphatic heterocycles. The maximum Gasteiger partial charge on any atom is 0.293 e. The van der Waals surface area contributed by atoms with Crippen LogP contribution >= 0.6 is 11.8 Å². The second kappa shape index (κ2) is 8.77. The molecule has 150 valence electrons. The number of benzene rings is 1. The summed E-state index contributed by atoms with van der Waals surface area (Å²) in [6.45, 7) is 4.46. The molecule has 1 aromatic heterocycles. The highest BCUT2D eigenvalue weighted by Crippen LogP contribution is 2.24. The number of thioether (sulfide) groups is 1.